The van der Waals surface area contributed by atoms with Crippen molar-refractivity contribution in [2.24, 2.45) is 5.73 Å². The normalized spacial score (nSPS) is 10.1. The van der Waals surface area contributed by atoms with Gasteiger partial charge in [-0.25, -0.2) is 4.98 Å². The molecular weight excluding hydrogens is 220 g/mol. The number of rotatable bonds is 2. The van der Waals surface area contributed by atoms with Crippen LogP contribution in [0.15, 0.2) is 36.5 Å². The van der Waals surface area contributed by atoms with E-state index >= 15 is 0 Å². The molecule has 0 aliphatic carbocycles. The van der Waals surface area contributed by atoms with E-state index in [0.29, 0.717) is 10.4 Å². The van der Waals surface area contributed by atoms with Crippen LogP contribution in [-0.2, 0) is 0 Å². The number of primary amides is 1. The van der Waals surface area contributed by atoms with Crippen molar-refractivity contribution in [2.75, 3.05) is 0 Å². The molecule has 6 nitrogen and oxygen atoms in total. The lowest BCUT2D eigenvalue weighted by molar-refractivity contribution is 0.0983. The number of amides is 1. The number of benzene rings is 1. The van der Waals surface area contributed by atoms with Crippen molar-refractivity contribution < 1.29 is 10.0 Å². The fraction of sp³-hybridized carbons (Fsp3) is 0. The maximum atomic E-state index is 11.1. The van der Waals surface area contributed by atoms with Crippen LogP contribution in [0.4, 0.5) is 0 Å². The summed E-state index contributed by atoms with van der Waals surface area (Å²) in [5, 5.41) is 16.9. The molecule has 0 aliphatic heterocycles. The van der Waals surface area contributed by atoms with E-state index < -0.39 is 11.4 Å². The first kappa shape index (κ1) is 10.9. The predicted octanol–water partition coefficient (Wildman–Crippen LogP) is 0.366. The highest BCUT2D eigenvalue weighted by atomic mass is 16.5. The average molecular weight is 230 g/mol. The Morgan fingerprint density at radius 2 is 2.00 bits per heavy atom. The SMILES string of the molecule is N=c1c(C(N)=O)nc(-c2ccccc2)cn1O. The van der Waals surface area contributed by atoms with Gasteiger partial charge in [0.2, 0.25) is 0 Å². The highest BCUT2D eigenvalue weighted by Crippen LogP contribution is 2.14. The van der Waals surface area contributed by atoms with Crippen LogP contribution in [-0.4, -0.2) is 20.8 Å². The molecule has 4 N–H and O–H groups in total. The second kappa shape index (κ2) is 4.09. The Bertz CT molecular complexity index is 619. The van der Waals surface area contributed by atoms with Crippen LogP contribution < -0.4 is 11.2 Å². The summed E-state index contributed by atoms with van der Waals surface area (Å²) in [6, 6.07) is 8.99. The van der Waals surface area contributed by atoms with Crippen LogP contribution in [0.3, 0.4) is 0 Å². The number of nitrogens with two attached hydrogens (primary N) is 1. The van der Waals surface area contributed by atoms with Gasteiger partial charge in [0.15, 0.2) is 11.2 Å². The van der Waals surface area contributed by atoms with Gasteiger partial charge in [-0.2, -0.15) is 4.73 Å². The number of nitrogens with zero attached hydrogens (tertiary/aromatic N) is 2. The van der Waals surface area contributed by atoms with Gasteiger partial charge in [0.25, 0.3) is 5.91 Å². The minimum absolute atomic E-state index is 0.270. The molecular formula is C11H10N4O2. The number of nitrogens with one attached hydrogen (secondary N) is 1. The van der Waals surface area contributed by atoms with Crippen LogP contribution in [0.25, 0.3) is 11.3 Å². The Hall–Kier alpha value is -2.63. The Kier molecular flexibility index (Phi) is 2.61. The molecule has 0 bridgehead atoms. The molecule has 1 amide bonds. The second-order valence-corrected chi connectivity index (χ2v) is 3.40. The van der Waals surface area contributed by atoms with Gasteiger partial charge < -0.3 is 10.9 Å². The van der Waals surface area contributed by atoms with Gasteiger partial charge in [-0.05, 0) is 0 Å². The number of carbonyl (C=O) groups is 1. The molecule has 0 atom stereocenters. The van der Waals surface area contributed by atoms with Crippen molar-refractivity contribution in [3.05, 3.63) is 47.7 Å². The van der Waals surface area contributed by atoms with Crippen LogP contribution in [0.1, 0.15) is 10.5 Å². The van der Waals surface area contributed by atoms with E-state index in [4.69, 9.17) is 11.1 Å². The molecule has 2 aromatic rings. The summed E-state index contributed by atoms with van der Waals surface area (Å²) in [7, 11) is 0. The Morgan fingerprint density at radius 3 is 2.59 bits per heavy atom. The molecule has 2 rings (SSSR count). The number of carbonyl (C=O) groups excluding carboxylic acids is 1. The highest BCUT2D eigenvalue weighted by molar-refractivity contribution is 5.90. The average Bonchev–Trinajstić information content (AvgIpc) is 2.33. The van der Waals surface area contributed by atoms with Crippen molar-refractivity contribution in [1.82, 2.24) is 9.71 Å². The van der Waals surface area contributed by atoms with Crippen molar-refractivity contribution in [3.8, 4) is 11.3 Å². The Morgan fingerprint density at radius 1 is 1.35 bits per heavy atom. The third-order valence-electron chi connectivity index (χ3n) is 2.23. The monoisotopic (exact) mass is 230 g/mol. The van der Waals surface area contributed by atoms with Crippen molar-refractivity contribution in [3.63, 3.8) is 0 Å². The largest absolute Gasteiger partial charge is 0.427 e. The van der Waals surface area contributed by atoms with Gasteiger partial charge in [0.1, 0.15) is 0 Å². The van der Waals surface area contributed by atoms with Gasteiger partial charge in [0.05, 0.1) is 11.9 Å². The van der Waals surface area contributed by atoms with E-state index in [1.165, 1.54) is 6.20 Å². The van der Waals surface area contributed by atoms with Gasteiger partial charge in [0, 0.05) is 5.56 Å². The summed E-state index contributed by atoms with van der Waals surface area (Å²) >= 11 is 0. The third-order valence-corrected chi connectivity index (χ3v) is 2.23. The maximum Gasteiger partial charge on any atom is 0.271 e. The molecule has 0 radical (unpaired) electrons. The van der Waals surface area contributed by atoms with E-state index in [0.717, 1.165) is 5.56 Å². The maximum absolute atomic E-state index is 11.1. The lowest BCUT2D eigenvalue weighted by atomic mass is 10.1. The molecule has 1 heterocycles. The molecule has 1 aromatic carbocycles. The highest BCUT2D eigenvalue weighted by Gasteiger charge is 2.11. The molecule has 0 saturated heterocycles. The van der Waals surface area contributed by atoms with E-state index in [2.05, 4.69) is 4.98 Å². The summed E-state index contributed by atoms with van der Waals surface area (Å²) in [6.07, 6.45) is 1.25. The van der Waals surface area contributed by atoms with E-state index in [1.54, 1.807) is 24.3 Å². The van der Waals surface area contributed by atoms with Crippen molar-refractivity contribution in [2.45, 2.75) is 0 Å². The van der Waals surface area contributed by atoms with Crippen molar-refractivity contribution >= 4 is 5.91 Å². The fourth-order valence-electron chi connectivity index (χ4n) is 1.41. The topological polar surface area (TPSA) is 105 Å². The first-order valence-corrected chi connectivity index (χ1v) is 4.82. The van der Waals surface area contributed by atoms with Crippen LogP contribution in [0.5, 0.6) is 0 Å². The fourth-order valence-corrected chi connectivity index (χ4v) is 1.41. The van der Waals surface area contributed by atoms with Gasteiger partial charge in [-0.15, -0.1) is 0 Å². The molecule has 17 heavy (non-hydrogen) atoms. The smallest absolute Gasteiger partial charge is 0.271 e. The molecule has 0 unspecified atom stereocenters. The summed E-state index contributed by atoms with van der Waals surface area (Å²) in [6.45, 7) is 0. The molecule has 0 spiro atoms. The van der Waals surface area contributed by atoms with Crippen LogP contribution >= 0.6 is 0 Å². The molecule has 6 heteroatoms. The first-order chi connectivity index (χ1) is 8.09. The van der Waals surface area contributed by atoms with Crippen LogP contribution in [0.2, 0.25) is 0 Å². The zero-order valence-corrected chi connectivity index (χ0v) is 8.79. The van der Waals surface area contributed by atoms with E-state index in [1.807, 2.05) is 6.07 Å². The quantitative estimate of drug-likeness (QED) is 0.649. The van der Waals surface area contributed by atoms with E-state index in [9.17, 15) is 10.0 Å². The summed E-state index contributed by atoms with van der Waals surface area (Å²) < 4.78 is 0.523. The van der Waals surface area contributed by atoms with Gasteiger partial charge >= 0.3 is 0 Å². The summed E-state index contributed by atoms with van der Waals surface area (Å²) in [5.41, 5.74) is 5.48. The van der Waals surface area contributed by atoms with E-state index in [-0.39, 0.29) is 5.69 Å². The zero-order valence-electron chi connectivity index (χ0n) is 8.79. The van der Waals surface area contributed by atoms with Crippen LogP contribution in [0, 0.1) is 5.41 Å². The molecule has 0 saturated carbocycles. The molecule has 1 aromatic heterocycles. The summed E-state index contributed by atoms with van der Waals surface area (Å²) in [4.78, 5) is 15.0. The molecule has 86 valence electrons. The lowest BCUT2D eigenvalue weighted by Crippen LogP contribution is -2.30. The molecule has 0 aliphatic rings. The standard InChI is InChI=1S/C11H10N4O2/c12-10-9(11(13)16)14-8(6-15(10)17)7-4-2-1-3-5-7/h1-6,12,17H,(H2,13,16). The minimum atomic E-state index is -0.851. The second-order valence-electron chi connectivity index (χ2n) is 3.40. The molecule has 0 fully saturated rings. The van der Waals surface area contributed by atoms with Gasteiger partial charge in [-0.1, -0.05) is 30.3 Å². The van der Waals surface area contributed by atoms with Crippen molar-refractivity contribution in [1.29, 1.82) is 5.41 Å². The number of hydrogen-bond donors (Lipinski definition) is 3. The first-order valence-electron chi connectivity index (χ1n) is 4.82. The van der Waals surface area contributed by atoms with Gasteiger partial charge in [-0.3, -0.25) is 10.2 Å². The number of aromatic nitrogens is 2. The lowest BCUT2D eigenvalue weighted by Gasteiger charge is -2.05. The summed E-state index contributed by atoms with van der Waals surface area (Å²) in [5.74, 6) is -0.851. The minimum Gasteiger partial charge on any atom is -0.427 e. The Balaban J connectivity index is 2.66. The Labute approximate surface area is 96.4 Å². The number of hydrogen-bond acceptors (Lipinski definition) is 4. The third kappa shape index (κ3) is 2.00. The predicted molar refractivity (Wildman–Crippen MR) is 59.2 cm³/mol. The zero-order chi connectivity index (χ0) is 12.4.